The number of non-ortho nitro benzene ring substituents is 1. The fourth-order valence-corrected chi connectivity index (χ4v) is 5.41. The number of carbonyl (C=O) groups is 1. The van der Waals surface area contributed by atoms with Gasteiger partial charge in [-0.15, -0.1) is 21.5 Å². The van der Waals surface area contributed by atoms with Crippen LogP contribution in [-0.2, 0) is 4.79 Å². The molecule has 0 bridgehead atoms. The molecule has 8 nitrogen and oxygen atoms in total. The molecule has 1 unspecified atom stereocenters. The van der Waals surface area contributed by atoms with Crippen molar-refractivity contribution in [1.82, 2.24) is 15.2 Å². The van der Waals surface area contributed by atoms with Crippen molar-refractivity contribution in [1.29, 1.82) is 0 Å². The number of nitro groups is 1. The molecule has 146 valence electrons. The number of amides is 1. The fraction of sp³-hybridized carbons (Fsp3) is 0.111. The summed E-state index contributed by atoms with van der Waals surface area (Å²) in [5.74, 6) is -0.212. The van der Waals surface area contributed by atoms with Crippen molar-refractivity contribution in [3.05, 3.63) is 58.6 Å². The fourth-order valence-electron chi connectivity index (χ4n) is 2.46. The van der Waals surface area contributed by atoms with Gasteiger partial charge in [0.05, 0.1) is 20.4 Å². The Hall–Kier alpha value is -2.89. The first-order valence-electron chi connectivity index (χ1n) is 8.41. The molecule has 0 fully saturated rings. The zero-order valence-corrected chi connectivity index (χ0v) is 17.4. The largest absolute Gasteiger partial charge is 0.300 e. The van der Waals surface area contributed by atoms with Crippen molar-refractivity contribution in [2.75, 3.05) is 5.32 Å². The van der Waals surface area contributed by atoms with E-state index in [1.165, 1.54) is 23.9 Å². The number of hydrogen-bond acceptors (Lipinski definition) is 9. The van der Waals surface area contributed by atoms with Crippen LogP contribution in [0.3, 0.4) is 0 Å². The first-order chi connectivity index (χ1) is 14.0. The summed E-state index contributed by atoms with van der Waals surface area (Å²) >= 11 is 4.09. The highest BCUT2D eigenvalue weighted by molar-refractivity contribution is 8.02. The normalized spacial score (nSPS) is 12.0. The Balaban J connectivity index is 1.43. The van der Waals surface area contributed by atoms with Crippen molar-refractivity contribution in [3.63, 3.8) is 0 Å². The van der Waals surface area contributed by atoms with E-state index >= 15 is 0 Å². The first-order valence-corrected chi connectivity index (χ1v) is 10.9. The lowest BCUT2D eigenvalue weighted by molar-refractivity contribution is -0.384. The van der Waals surface area contributed by atoms with E-state index in [0.717, 1.165) is 25.9 Å². The van der Waals surface area contributed by atoms with E-state index in [9.17, 15) is 14.9 Å². The molecule has 1 amide bonds. The molecule has 1 atom stereocenters. The molecule has 0 spiro atoms. The third kappa shape index (κ3) is 4.42. The van der Waals surface area contributed by atoms with Gasteiger partial charge in [-0.25, -0.2) is 4.98 Å². The summed E-state index contributed by atoms with van der Waals surface area (Å²) in [5, 5.41) is 22.1. The number of hydrogen-bond donors (Lipinski definition) is 1. The summed E-state index contributed by atoms with van der Waals surface area (Å²) in [6.07, 6.45) is 0. The minimum atomic E-state index is -0.464. The maximum absolute atomic E-state index is 12.5. The van der Waals surface area contributed by atoms with Crippen molar-refractivity contribution < 1.29 is 9.72 Å². The number of anilines is 1. The number of aromatic nitrogens is 3. The zero-order chi connectivity index (χ0) is 20.4. The molecule has 0 aliphatic carbocycles. The van der Waals surface area contributed by atoms with Gasteiger partial charge < -0.3 is 0 Å². The van der Waals surface area contributed by atoms with Gasteiger partial charge in [-0.3, -0.25) is 20.2 Å². The Morgan fingerprint density at radius 1 is 1.17 bits per heavy atom. The molecule has 2 aromatic carbocycles. The summed E-state index contributed by atoms with van der Waals surface area (Å²) in [6, 6.07) is 14.0. The predicted molar refractivity (Wildman–Crippen MR) is 116 cm³/mol. The number of nitrogens with one attached hydrogen (secondary N) is 1. The predicted octanol–water partition coefficient (Wildman–Crippen LogP) is 4.84. The van der Waals surface area contributed by atoms with Crippen molar-refractivity contribution in [2.45, 2.75) is 16.5 Å². The summed E-state index contributed by atoms with van der Waals surface area (Å²) in [4.78, 5) is 27.5. The molecule has 0 saturated carbocycles. The monoisotopic (exact) mass is 443 g/mol. The second-order valence-corrected chi connectivity index (χ2v) is 9.51. The van der Waals surface area contributed by atoms with E-state index in [1.807, 2.05) is 24.3 Å². The van der Waals surface area contributed by atoms with Crippen LogP contribution in [0.5, 0.6) is 0 Å². The summed E-state index contributed by atoms with van der Waals surface area (Å²) in [7, 11) is 0. The van der Waals surface area contributed by atoms with Crippen LogP contribution in [0.25, 0.3) is 20.8 Å². The maximum Gasteiger partial charge on any atom is 0.270 e. The molecule has 4 aromatic rings. The number of rotatable bonds is 6. The number of carbonyl (C=O) groups excluding carboxylic acids is 1. The number of benzene rings is 2. The summed E-state index contributed by atoms with van der Waals surface area (Å²) < 4.78 is 1.90. The molecule has 1 N–H and O–H groups in total. The third-order valence-corrected chi connectivity index (χ3v) is 7.00. The van der Waals surface area contributed by atoms with Crippen LogP contribution in [0, 0.1) is 10.1 Å². The van der Waals surface area contributed by atoms with Crippen molar-refractivity contribution >= 4 is 61.4 Å². The second-order valence-electron chi connectivity index (χ2n) is 5.92. The molecule has 29 heavy (non-hydrogen) atoms. The van der Waals surface area contributed by atoms with Gasteiger partial charge in [-0.2, -0.15) is 0 Å². The first kappa shape index (κ1) is 19.4. The van der Waals surface area contributed by atoms with E-state index in [0.29, 0.717) is 15.7 Å². The number of nitro benzene ring substituents is 1. The minimum Gasteiger partial charge on any atom is -0.300 e. The Kier molecular flexibility index (Phi) is 5.51. The smallest absolute Gasteiger partial charge is 0.270 e. The van der Waals surface area contributed by atoms with Crippen LogP contribution in [-0.4, -0.2) is 31.3 Å². The van der Waals surface area contributed by atoms with Crippen LogP contribution in [0.1, 0.15) is 6.92 Å². The highest BCUT2D eigenvalue weighted by atomic mass is 32.2. The molecule has 0 aliphatic rings. The number of fused-ring (bicyclic) bond motifs is 1. The van der Waals surface area contributed by atoms with Crippen LogP contribution in [0.15, 0.2) is 52.9 Å². The zero-order valence-electron chi connectivity index (χ0n) is 14.9. The van der Waals surface area contributed by atoms with Crippen LogP contribution < -0.4 is 5.32 Å². The average Bonchev–Trinajstić information content (AvgIpc) is 3.34. The second kappa shape index (κ2) is 8.23. The lowest BCUT2D eigenvalue weighted by atomic mass is 10.2. The van der Waals surface area contributed by atoms with Crippen molar-refractivity contribution in [2.24, 2.45) is 0 Å². The average molecular weight is 444 g/mol. The standard InChI is InChI=1S/C18H13N5O3S3/c1-10(27-18-19-13-7-2-3-8-14(13)28-18)15(24)20-17-22-21-16(29-17)11-5-4-6-12(9-11)23(25)26/h2-10H,1H3,(H,20,22,24). The van der Waals surface area contributed by atoms with E-state index in [4.69, 9.17) is 0 Å². The van der Waals surface area contributed by atoms with Crippen LogP contribution in [0.2, 0.25) is 0 Å². The third-order valence-electron chi connectivity index (χ3n) is 3.88. The van der Waals surface area contributed by atoms with Crippen molar-refractivity contribution in [3.8, 4) is 10.6 Å². The van der Waals surface area contributed by atoms with Crippen LogP contribution in [0.4, 0.5) is 10.8 Å². The molecule has 4 rings (SSSR count). The van der Waals surface area contributed by atoms with E-state index in [1.54, 1.807) is 30.4 Å². The molecule has 0 saturated heterocycles. The highest BCUT2D eigenvalue weighted by Crippen LogP contribution is 2.33. The topological polar surface area (TPSA) is 111 Å². The van der Waals surface area contributed by atoms with Gasteiger partial charge in [0.25, 0.3) is 5.69 Å². The number of thioether (sulfide) groups is 1. The Morgan fingerprint density at radius 3 is 2.79 bits per heavy atom. The highest BCUT2D eigenvalue weighted by Gasteiger charge is 2.19. The molecule has 0 aliphatic heterocycles. The van der Waals surface area contributed by atoms with Gasteiger partial charge in [0.2, 0.25) is 11.0 Å². The molecule has 0 radical (unpaired) electrons. The van der Waals surface area contributed by atoms with Gasteiger partial charge in [-0.1, -0.05) is 47.4 Å². The van der Waals surface area contributed by atoms with Crippen LogP contribution >= 0.6 is 34.4 Å². The number of nitrogens with zero attached hydrogens (tertiary/aromatic N) is 4. The Morgan fingerprint density at radius 2 is 2.00 bits per heavy atom. The SMILES string of the molecule is CC(Sc1nc2ccccc2s1)C(=O)Nc1nnc(-c2cccc([N+](=O)[O-])c2)s1. The number of para-hydroxylation sites is 1. The Bertz CT molecular complexity index is 1170. The summed E-state index contributed by atoms with van der Waals surface area (Å²) in [5.41, 5.74) is 1.47. The quantitative estimate of drug-likeness (QED) is 0.258. The van der Waals surface area contributed by atoms with E-state index in [-0.39, 0.29) is 16.8 Å². The van der Waals surface area contributed by atoms with Gasteiger partial charge in [0.15, 0.2) is 4.34 Å². The molecular weight excluding hydrogens is 430 g/mol. The minimum absolute atomic E-state index is 0.0239. The lowest BCUT2D eigenvalue weighted by Crippen LogP contribution is -2.22. The summed E-state index contributed by atoms with van der Waals surface area (Å²) in [6.45, 7) is 1.80. The van der Waals surface area contributed by atoms with E-state index in [2.05, 4.69) is 20.5 Å². The van der Waals surface area contributed by atoms with E-state index < -0.39 is 4.92 Å². The molecule has 2 heterocycles. The molecule has 2 aromatic heterocycles. The van der Waals surface area contributed by atoms with Gasteiger partial charge in [-0.05, 0) is 19.1 Å². The maximum atomic E-state index is 12.5. The molecular formula is C18H13N5O3S3. The van der Waals surface area contributed by atoms with Gasteiger partial charge in [0, 0.05) is 17.7 Å². The van der Waals surface area contributed by atoms with Gasteiger partial charge >= 0.3 is 0 Å². The Labute approximate surface area is 177 Å². The lowest BCUT2D eigenvalue weighted by Gasteiger charge is -2.07. The van der Waals surface area contributed by atoms with Gasteiger partial charge in [0.1, 0.15) is 5.01 Å². The number of thiazole rings is 1. The molecule has 11 heteroatoms.